The van der Waals surface area contributed by atoms with Crippen LogP contribution in [0.1, 0.15) is 23.0 Å². The number of thiophene rings is 1. The van der Waals surface area contributed by atoms with Crippen molar-refractivity contribution in [2.75, 3.05) is 13.2 Å². The summed E-state index contributed by atoms with van der Waals surface area (Å²) in [6, 6.07) is 1.89. The Hall–Kier alpha value is -0.190. The van der Waals surface area contributed by atoms with E-state index in [2.05, 4.69) is 15.9 Å². The standard InChI is InChI=1S/C9H11BrO2S/c1-2-12-5-3-8(11)9-7(10)4-6-13-9/h4,6H,2-3,5H2,1H3. The number of carbonyl (C=O) groups excluding carboxylic acids is 1. The van der Waals surface area contributed by atoms with Gasteiger partial charge in [0, 0.05) is 17.5 Å². The number of hydrogen-bond donors (Lipinski definition) is 0. The molecule has 1 aromatic rings. The smallest absolute Gasteiger partial charge is 0.176 e. The van der Waals surface area contributed by atoms with Gasteiger partial charge in [-0.1, -0.05) is 0 Å². The van der Waals surface area contributed by atoms with Crippen molar-refractivity contribution >= 4 is 33.0 Å². The third-order valence-corrected chi connectivity index (χ3v) is 3.43. The molecular weight excluding hydrogens is 252 g/mol. The Morgan fingerprint density at radius 1 is 1.69 bits per heavy atom. The number of hydrogen-bond acceptors (Lipinski definition) is 3. The van der Waals surface area contributed by atoms with Crippen molar-refractivity contribution in [2.24, 2.45) is 0 Å². The normalized spacial score (nSPS) is 10.3. The van der Waals surface area contributed by atoms with Crippen molar-refractivity contribution in [1.29, 1.82) is 0 Å². The molecule has 13 heavy (non-hydrogen) atoms. The molecule has 0 N–H and O–H groups in total. The zero-order chi connectivity index (χ0) is 9.68. The van der Waals surface area contributed by atoms with E-state index in [1.807, 2.05) is 18.4 Å². The van der Waals surface area contributed by atoms with Gasteiger partial charge in [-0.3, -0.25) is 4.79 Å². The Morgan fingerprint density at radius 3 is 3.00 bits per heavy atom. The van der Waals surface area contributed by atoms with Crippen LogP contribution in [0.4, 0.5) is 0 Å². The highest BCUT2D eigenvalue weighted by molar-refractivity contribution is 9.10. The van der Waals surface area contributed by atoms with Crippen LogP contribution in [0.3, 0.4) is 0 Å². The maximum absolute atomic E-state index is 11.5. The first-order valence-corrected chi connectivity index (χ1v) is 5.77. The summed E-state index contributed by atoms with van der Waals surface area (Å²) in [6.45, 7) is 3.10. The summed E-state index contributed by atoms with van der Waals surface area (Å²) in [5.41, 5.74) is 0. The summed E-state index contributed by atoms with van der Waals surface area (Å²) in [4.78, 5) is 12.3. The van der Waals surface area contributed by atoms with Crippen molar-refractivity contribution in [3.63, 3.8) is 0 Å². The van der Waals surface area contributed by atoms with Crippen LogP contribution < -0.4 is 0 Å². The molecule has 0 radical (unpaired) electrons. The molecule has 1 aromatic heterocycles. The van der Waals surface area contributed by atoms with E-state index in [1.54, 1.807) is 0 Å². The summed E-state index contributed by atoms with van der Waals surface area (Å²) >= 11 is 4.79. The van der Waals surface area contributed by atoms with Gasteiger partial charge >= 0.3 is 0 Å². The Kier molecular flexibility index (Phi) is 4.62. The van der Waals surface area contributed by atoms with Crippen LogP contribution in [0.2, 0.25) is 0 Å². The molecule has 0 aliphatic rings. The van der Waals surface area contributed by atoms with Crippen molar-refractivity contribution < 1.29 is 9.53 Å². The molecule has 4 heteroatoms. The molecule has 1 rings (SSSR count). The highest BCUT2D eigenvalue weighted by atomic mass is 79.9. The molecule has 0 aromatic carbocycles. The van der Waals surface area contributed by atoms with Gasteiger partial charge in [0.1, 0.15) is 0 Å². The molecular formula is C9H11BrO2S. The summed E-state index contributed by atoms with van der Waals surface area (Å²) in [7, 11) is 0. The molecule has 72 valence electrons. The maximum Gasteiger partial charge on any atom is 0.176 e. The van der Waals surface area contributed by atoms with E-state index < -0.39 is 0 Å². The Bertz CT molecular complexity index is 283. The van der Waals surface area contributed by atoms with Gasteiger partial charge in [0.2, 0.25) is 0 Å². The monoisotopic (exact) mass is 262 g/mol. The number of ketones is 1. The van der Waals surface area contributed by atoms with Gasteiger partial charge in [-0.25, -0.2) is 0 Å². The molecule has 0 saturated heterocycles. The SMILES string of the molecule is CCOCCC(=O)c1sccc1Br. The largest absolute Gasteiger partial charge is 0.381 e. The number of Topliss-reactive ketones (excluding diaryl/α,β-unsaturated/α-hetero) is 1. The van der Waals surface area contributed by atoms with Crippen molar-refractivity contribution in [1.82, 2.24) is 0 Å². The molecule has 0 saturated carbocycles. The third-order valence-electron chi connectivity index (χ3n) is 1.55. The van der Waals surface area contributed by atoms with Crippen LogP contribution in [-0.4, -0.2) is 19.0 Å². The molecule has 0 fully saturated rings. The summed E-state index contributed by atoms with van der Waals surface area (Å²) in [6.07, 6.45) is 0.465. The second-order valence-electron chi connectivity index (χ2n) is 2.47. The zero-order valence-electron chi connectivity index (χ0n) is 7.38. The van der Waals surface area contributed by atoms with Crippen molar-refractivity contribution in [3.8, 4) is 0 Å². The van der Waals surface area contributed by atoms with E-state index in [1.165, 1.54) is 11.3 Å². The summed E-state index contributed by atoms with van der Waals surface area (Å²) in [5.74, 6) is 0.148. The minimum absolute atomic E-state index is 0.148. The van der Waals surface area contributed by atoms with E-state index in [-0.39, 0.29) is 5.78 Å². The van der Waals surface area contributed by atoms with Gasteiger partial charge in [0.25, 0.3) is 0 Å². The Morgan fingerprint density at radius 2 is 2.46 bits per heavy atom. The van der Waals surface area contributed by atoms with E-state index >= 15 is 0 Å². The fraction of sp³-hybridized carbons (Fsp3) is 0.444. The molecule has 0 spiro atoms. The summed E-state index contributed by atoms with van der Waals surface area (Å²) in [5, 5.41) is 1.90. The first kappa shape index (κ1) is 10.9. The molecule has 0 aliphatic carbocycles. The second kappa shape index (κ2) is 5.52. The van der Waals surface area contributed by atoms with Crippen molar-refractivity contribution in [3.05, 3.63) is 20.8 Å². The lowest BCUT2D eigenvalue weighted by Crippen LogP contribution is -2.03. The number of carbonyl (C=O) groups is 1. The van der Waals surface area contributed by atoms with Crippen LogP contribution in [0.15, 0.2) is 15.9 Å². The molecule has 1 heterocycles. The molecule has 0 atom stereocenters. The maximum atomic E-state index is 11.5. The topological polar surface area (TPSA) is 26.3 Å². The van der Waals surface area contributed by atoms with E-state index in [0.717, 1.165) is 9.35 Å². The van der Waals surface area contributed by atoms with Gasteiger partial charge in [0.15, 0.2) is 5.78 Å². The third kappa shape index (κ3) is 3.21. The van der Waals surface area contributed by atoms with Crippen LogP contribution in [0, 0.1) is 0 Å². The Labute approximate surface area is 90.0 Å². The number of ether oxygens (including phenoxy) is 1. The Balaban J connectivity index is 2.45. The van der Waals surface area contributed by atoms with Crippen LogP contribution in [-0.2, 0) is 4.74 Å². The predicted octanol–water partition coefficient (Wildman–Crippen LogP) is 3.12. The highest BCUT2D eigenvalue weighted by Crippen LogP contribution is 2.23. The average Bonchev–Trinajstić information content (AvgIpc) is 2.52. The van der Waals surface area contributed by atoms with E-state index in [4.69, 9.17) is 4.74 Å². The molecule has 0 bridgehead atoms. The van der Waals surface area contributed by atoms with Gasteiger partial charge in [-0.2, -0.15) is 0 Å². The highest BCUT2D eigenvalue weighted by Gasteiger charge is 2.10. The van der Waals surface area contributed by atoms with Gasteiger partial charge < -0.3 is 4.74 Å². The van der Waals surface area contributed by atoms with Crippen LogP contribution in [0.5, 0.6) is 0 Å². The molecule has 2 nitrogen and oxygen atoms in total. The molecule has 0 amide bonds. The van der Waals surface area contributed by atoms with Gasteiger partial charge in [-0.15, -0.1) is 11.3 Å². The lowest BCUT2D eigenvalue weighted by atomic mass is 10.2. The van der Waals surface area contributed by atoms with E-state index in [9.17, 15) is 4.79 Å². The zero-order valence-corrected chi connectivity index (χ0v) is 9.78. The lowest BCUT2D eigenvalue weighted by molar-refractivity contribution is 0.0899. The fourth-order valence-corrected chi connectivity index (χ4v) is 2.48. The van der Waals surface area contributed by atoms with E-state index in [0.29, 0.717) is 19.6 Å². The summed E-state index contributed by atoms with van der Waals surface area (Å²) < 4.78 is 6.00. The van der Waals surface area contributed by atoms with Crippen LogP contribution in [0.25, 0.3) is 0 Å². The van der Waals surface area contributed by atoms with Gasteiger partial charge in [-0.05, 0) is 34.3 Å². The number of rotatable bonds is 5. The molecule has 0 unspecified atom stereocenters. The quantitative estimate of drug-likeness (QED) is 0.602. The first-order valence-electron chi connectivity index (χ1n) is 4.09. The van der Waals surface area contributed by atoms with Crippen molar-refractivity contribution in [2.45, 2.75) is 13.3 Å². The van der Waals surface area contributed by atoms with Gasteiger partial charge in [0.05, 0.1) is 11.5 Å². The average molecular weight is 263 g/mol. The molecule has 0 aliphatic heterocycles. The second-order valence-corrected chi connectivity index (χ2v) is 4.24. The predicted molar refractivity (Wildman–Crippen MR) is 57.5 cm³/mol. The minimum atomic E-state index is 0.148. The first-order chi connectivity index (χ1) is 6.25. The number of halogens is 1. The fourth-order valence-electron chi connectivity index (χ4n) is 0.915. The minimum Gasteiger partial charge on any atom is -0.381 e. The van der Waals surface area contributed by atoms with Crippen LogP contribution >= 0.6 is 27.3 Å². The lowest BCUT2D eigenvalue weighted by Gasteiger charge is -1.99.